The number of halogens is 1. The van der Waals surface area contributed by atoms with Gasteiger partial charge in [0.1, 0.15) is 17.4 Å². The second kappa shape index (κ2) is 8.45. The van der Waals surface area contributed by atoms with Gasteiger partial charge in [-0.2, -0.15) is 4.98 Å². The topological polar surface area (TPSA) is 86.8 Å². The van der Waals surface area contributed by atoms with E-state index in [2.05, 4.69) is 15.3 Å². The number of benzene rings is 2. The summed E-state index contributed by atoms with van der Waals surface area (Å²) in [7, 11) is 0. The normalized spacial score (nSPS) is 16.1. The number of aliphatic imine (C=N–C) groups is 1. The van der Waals surface area contributed by atoms with Crippen LogP contribution in [0.4, 0.5) is 11.8 Å². The Labute approximate surface area is 189 Å². The Morgan fingerprint density at radius 3 is 2.75 bits per heavy atom. The highest BCUT2D eigenvalue weighted by Crippen LogP contribution is 2.33. The number of aliphatic hydroxyl groups is 1. The molecule has 1 aliphatic rings. The molecule has 1 atom stereocenters. The van der Waals surface area contributed by atoms with Crippen LogP contribution in [0.5, 0.6) is 0 Å². The molecule has 1 aliphatic heterocycles. The number of nitrogens with one attached hydrogen (secondary N) is 1. The number of hydrogen-bond donors (Lipinski definition) is 2. The van der Waals surface area contributed by atoms with E-state index in [1.54, 1.807) is 12.3 Å². The van der Waals surface area contributed by atoms with E-state index >= 15 is 0 Å². The van der Waals surface area contributed by atoms with Crippen molar-refractivity contribution in [1.29, 1.82) is 0 Å². The molecule has 0 fully saturated rings. The summed E-state index contributed by atoms with van der Waals surface area (Å²) >= 11 is 6.46. The maximum absolute atomic E-state index is 9.58. The van der Waals surface area contributed by atoms with Crippen molar-refractivity contribution in [3.05, 3.63) is 94.8 Å². The Hall–Kier alpha value is -3.68. The van der Waals surface area contributed by atoms with Gasteiger partial charge in [-0.05, 0) is 54.5 Å². The lowest BCUT2D eigenvalue weighted by atomic mass is 10.0. The van der Waals surface area contributed by atoms with Crippen molar-refractivity contribution in [2.75, 3.05) is 10.2 Å². The lowest BCUT2D eigenvalue weighted by Gasteiger charge is -2.31. The molecule has 0 aliphatic carbocycles. The zero-order chi connectivity index (χ0) is 22.1. The number of para-hydroxylation sites is 2. The number of hydrogen-bond acceptors (Lipinski definition) is 7. The first-order valence-corrected chi connectivity index (χ1v) is 10.5. The summed E-state index contributed by atoms with van der Waals surface area (Å²) in [5.41, 5.74) is 3.95. The van der Waals surface area contributed by atoms with Crippen molar-refractivity contribution in [2.24, 2.45) is 4.99 Å². The number of aromatic nitrogens is 2. The van der Waals surface area contributed by atoms with E-state index in [9.17, 15) is 5.11 Å². The molecule has 160 valence electrons. The highest BCUT2D eigenvalue weighted by Gasteiger charge is 2.27. The Morgan fingerprint density at radius 1 is 1.12 bits per heavy atom. The number of allylic oxidation sites excluding steroid dienone is 1. The molecule has 0 amide bonds. The van der Waals surface area contributed by atoms with E-state index in [0.29, 0.717) is 28.4 Å². The van der Waals surface area contributed by atoms with Gasteiger partial charge in [-0.3, -0.25) is 10.2 Å². The minimum Gasteiger partial charge on any atom is -0.423 e. The average molecular weight is 446 g/mol. The van der Waals surface area contributed by atoms with E-state index < -0.39 is 0 Å². The van der Waals surface area contributed by atoms with Gasteiger partial charge < -0.3 is 9.52 Å². The molecule has 8 heteroatoms. The number of fused-ring (bicyclic) bond motifs is 1. The quantitative estimate of drug-likeness (QED) is 0.443. The second-order valence-corrected chi connectivity index (χ2v) is 7.76. The van der Waals surface area contributed by atoms with Crippen LogP contribution < -0.4 is 10.2 Å². The van der Waals surface area contributed by atoms with Gasteiger partial charge in [0, 0.05) is 16.9 Å². The van der Waals surface area contributed by atoms with E-state index in [-0.39, 0.29) is 12.6 Å². The average Bonchev–Trinajstić information content (AvgIpc) is 3.21. The summed E-state index contributed by atoms with van der Waals surface area (Å²) in [6.07, 6.45) is 3.68. The van der Waals surface area contributed by atoms with Gasteiger partial charge >= 0.3 is 6.01 Å². The highest BCUT2D eigenvalue weighted by atomic mass is 35.5. The molecule has 2 aromatic carbocycles. The van der Waals surface area contributed by atoms with Crippen LogP contribution in [-0.2, 0) is 6.61 Å². The molecule has 2 aromatic heterocycles. The van der Waals surface area contributed by atoms with E-state index in [1.165, 1.54) is 0 Å². The Bertz CT molecular complexity index is 1310. The van der Waals surface area contributed by atoms with Crippen molar-refractivity contribution in [3.63, 3.8) is 0 Å². The second-order valence-electron chi connectivity index (χ2n) is 7.35. The van der Waals surface area contributed by atoms with Gasteiger partial charge in [0.15, 0.2) is 5.58 Å². The zero-order valence-electron chi connectivity index (χ0n) is 17.2. The molecule has 3 heterocycles. The fourth-order valence-electron chi connectivity index (χ4n) is 3.65. The number of aliphatic hydroxyl groups excluding tert-OH is 1. The molecule has 0 spiro atoms. The van der Waals surface area contributed by atoms with Crippen molar-refractivity contribution in [1.82, 2.24) is 9.97 Å². The van der Waals surface area contributed by atoms with Crippen molar-refractivity contribution in [2.45, 2.75) is 19.6 Å². The van der Waals surface area contributed by atoms with Crippen LogP contribution in [0.3, 0.4) is 0 Å². The molecule has 2 N–H and O–H groups in total. The van der Waals surface area contributed by atoms with Crippen LogP contribution in [0.25, 0.3) is 11.1 Å². The number of guanidine groups is 1. The Balaban J connectivity index is 1.59. The van der Waals surface area contributed by atoms with Gasteiger partial charge in [-0.15, -0.1) is 0 Å². The molecular formula is C24H20ClN5O2. The minimum absolute atomic E-state index is 0.0839. The molecule has 7 nitrogen and oxygen atoms in total. The number of oxazole rings is 1. The monoisotopic (exact) mass is 445 g/mol. The third kappa shape index (κ3) is 3.84. The summed E-state index contributed by atoms with van der Waals surface area (Å²) < 4.78 is 5.86. The molecule has 0 radical (unpaired) electrons. The predicted molar refractivity (Wildman–Crippen MR) is 126 cm³/mol. The van der Waals surface area contributed by atoms with E-state index in [1.807, 2.05) is 72.5 Å². The molecule has 32 heavy (non-hydrogen) atoms. The zero-order valence-corrected chi connectivity index (χ0v) is 18.0. The minimum atomic E-state index is -0.298. The smallest absolute Gasteiger partial charge is 0.302 e. The SMILES string of the molecule is CC1=CC(c2ccccc2Cl)N=C(Nc2nc3ccccc3o2)N1c1cc(CO)ccn1. The summed E-state index contributed by atoms with van der Waals surface area (Å²) in [5.74, 6) is 1.11. The molecule has 1 unspecified atom stereocenters. The largest absolute Gasteiger partial charge is 0.423 e. The maximum Gasteiger partial charge on any atom is 0.302 e. The van der Waals surface area contributed by atoms with Gasteiger partial charge in [-0.1, -0.05) is 41.9 Å². The van der Waals surface area contributed by atoms with Gasteiger partial charge in [0.25, 0.3) is 0 Å². The number of anilines is 2. The molecule has 0 saturated heterocycles. The van der Waals surface area contributed by atoms with E-state index in [0.717, 1.165) is 22.3 Å². The standard InChI is InChI=1S/C24H20ClN5O2/c1-15-12-20(17-6-2-3-7-18(17)25)27-23(30(15)22-13-16(14-31)10-11-26-22)29-24-28-19-8-4-5-9-21(19)32-24/h2-13,20,31H,14H2,1H3,(H,27,28,29). The van der Waals surface area contributed by atoms with Gasteiger partial charge in [0.05, 0.1) is 6.61 Å². The maximum atomic E-state index is 9.58. The van der Waals surface area contributed by atoms with Crippen LogP contribution in [-0.4, -0.2) is 21.0 Å². The summed E-state index contributed by atoms with van der Waals surface area (Å²) in [6.45, 7) is 1.89. The third-order valence-electron chi connectivity index (χ3n) is 5.18. The summed E-state index contributed by atoms with van der Waals surface area (Å²) in [4.78, 5) is 15.8. The van der Waals surface area contributed by atoms with Crippen LogP contribution in [0, 0.1) is 0 Å². The van der Waals surface area contributed by atoms with Crippen molar-refractivity contribution in [3.8, 4) is 0 Å². The lowest BCUT2D eigenvalue weighted by molar-refractivity contribution is 0.282. The third-order valence-corrected chi connectivity index (χ3v) is 5.53. The molecule has 5 rings (SSSR count). The summed E-state index contributed by atoms with van der Waals surface area (Å²) in [5, 5.41) is 13.4. The molecular weight excluding hydrogens is 426 g/mol. The summed E-state index contributed by atoms with van der Waals surface area (Å²) in [6, 6.07) is 18.8. The van der Waals surface area contributed by atoms with Crippen LogP contribution in [0.15, 0.2) is 88.0 Å². The first kappa shape index (κ1) is 20.2. The number of nitrogens with zero attached hydrogens (tertiary/aromatic N) is 4. The molecule has 0 bridgehead atoms. The van der Waals surface area contributed by atoms with Crippen LogP contribution >= 0.6 is 11.6 Å². The van der Waals surface area contributed by atoms with Crippen molar-refractivity contribution < 1.29 is 9.52 Å². The van der Waals surface area contributed by atoms with Crippen LogP contribution in [0.2, 0.25) is 5.02 Å². The van der Waals surface area contributed by atoms with Crippen molar-refractivity contribution >= 4 is 40.5 Å². The first-order chi connectivity index (χ1) is 15.6. The lowest BCUT2D eigenvalue weighted by Crippen LogP contribution is -2.38. The van der Waals surface area contributed by atoms with Crippen LogP contribution in [0.1, 0.15) is 24.1 Å². The number of pyridine rings is 1. The molecule has 4 aromatic rings. The number of rotatable bonds is 4. The van der Waals surface area contributed by atoms with Gasteiger partial charge in [-0.25, -0.2) is 9.98 Å². The fourth-order valence-corrected chi connectivity index (χ4v) is 3.90. The molecule has 0 saturated carbocycles. The van der Waals surface area contributed by atoms with E-state index in [4.69, 9.17) is 21.0 Å². The Morgan fingerprint density at radius 2 is 1.94 bits per heavy atom. The Kier molecular flexibility index (Phi) is 5.34. The fraction of sp³-hybridized carbons (Fsp3) is 0.125. The predicted octanol–water partition coefficient (Wildman–Crippen LogP) is 5.30. The first-order valence-electron chi connectivity index (χ1n) is 10.1. The van der Waals surface area contributed by atoms with Gasteiger partial charge in [0.2, 0.25) is 5.96 Å². The highest BCUT2D eigenvalue weighted by molar-refractivity contribution is 6.31.